The van der Waals surface area contributed by atoms with Crippen molar-refractivity contribution < 1.29 is 0 Å². The monoisotopic (exact) mass is 186 g/mol. The molecule has 0 radical (unpaired) electrons. The molecule has 0 N–H and O–H groups in total. The molecule has 0 aromatic rings. The molecule has 1 saturated carbocycles. The van der Waals surface area contributed by atoms with Crippen LogP contribution in [0.5, 0.6) is 0 Å². The third kappa shape index (κ3) is 2.42. The Kier molecular flexibility index (Phi) is 3.95. The van der Waals surface area contributed by atoms with Crippen LogP contribution in [0, 0.1) is 23.7 Å². The van der Waals surface area contributed by atoms with E-state index >= 15 is 0 Å². The molecule has 0 bridgehead atoms. The second-order valence-corrected chi connectivity index (χ2v) is 5.13. The summed E-state index contributed by atoms with van der Waals surface area (Å²) in [7, 11) is 0. The minimum atomic E-state index is 0.856. The van der Waals surface area contributed by atoms with Gasteiger partial charge < -0.3 is 0 Å². The molecular weight excluding hydrogens is 164 g/mol. The Bertz CT molecular complexity index is 131. The number of hydrogen-bond acceptors (Lipinski definition) is 1. The van der Waals surface area contributed by atoms with Gasteiger partial charge in [-0.1, -0.05) is 27.2 Å². The highest BCUT2D eigenvalue weighted by Gasteiger charge is 2.29. The van der Waals surface area contributed by atoms with Crippen LogP contribution in [0.3, 0.4) is 0 Å². The minimum absolute atomic E-state index is 0.856. The number of hydrogen-bond donors (Lipinski definition) is 1. The second-order valence-electron chi connectivity index (χ2n) is 4.77. The van der Waals surface area contributed by atoms with Crippen LogP contribution >= 0.6 is 12.6 Å². The highest BCUT2D eigenvalue weighted by molar-refractivity contribution is 7.80. The lowest BCUT2D eigenvalue weighted by Crippen LogP contribution is -2.28. The van der Waals surface area contributed by atoms with Gasteiger partial charge in [-0.05, 0) is 42.3 Å². The molecule has 72 valence electrons. The van der Waals surface area contributed by atoms with Crippen molar-refractivity contribution in [2.75, 3.05) is 5.75 Å². The Morgan fingerprint density at radius 1 is 1.33 bits per heavy atom. The predicted octanol–water partition coefficient (Wildman–Crippen LogP) is 3.62. The quantitative estimate of drug-likeness (QED) is 0.626. The molecule has 0 saturated heterocycles. The second kappa shape index (κ2) is 4.55. The summed E-state index contributed by atoms with van der Waals surface area (Å²) in [4.78, 5) is 0. The van der Waals surface area contributed by atoms with Gasteiger partial charge in [-0.2, -0.15) is 12.6 Å². The van der Waals surface area contributed by atoms with Crippen LogP contribution in [0.25, 0.3) is 0 Å². The molecule has 3 unspecified atom stereocenters. The van der Waals surface area contributed by atoms with Crippen LogP contribution < -0.4 is 0 Å². The van der Waals surface area contributed by atoms with Crippen LogP contribution in [-0.4, -0.2) is 5.75 Å². The first kappa shape index (κ1) is 10.4. The minimum Gasteiger partial charge on any atom is -0.179 e. The van der Waals surface area contributed by atoms with Crippen molar-refractivity contribution in [2.24, 2.45) is 23.7 Å². The van der Waals surface area contributed by atoms with Gasteiger partial charge in [-0.25, -0.2) is 0 Å². The highest BCUT2D eigenvalue weighted by atomic mass is 32.1. The van der Waals surface area contributed by atoms with Crippen LogP contribution in [0.4, 0.5) is 0 Å². The smallest absolute Gasteiger partial charge is 0.00667 e. The summed E-state index contributed by atoms with van der Waals surface area (Å²) in [6.07, 6.45) is 4.28. The average Bonchev–Trinajstić information content (AvgIpc) is 2.03. The van der Waals surface area contributed by atoms with Gasteiger partial charge in [0.1, 0.15) is 0 Å². The number of thiol groups is 1. The molecule has 0 nitrogen and oxygen atoms in total. The van der Waals surface area contributed by atoms with Crippen molar-refractivity contribution in [3.63, 3.8) is 0 Å². The Hall–Kier alpha value is 0.350. The Balaban J connectivity index is 2.50. The fourth-order valence-electron chi connectivity index (χ4n) is 2.61. The van der Waals surface area contributed by atoms with Crippen molar-refractivity contribution in [1.29, 1.82) is 0 Å². The zero-order valence-corrected chi connectivity index (χ0v) is 9.48. The maximum absolute atomic E-state index is 4.46. The standard InChI is InChI=1S/C11H22S/c1-8(2)11-5-4-9(3)6-10(11)7-12/h8-12H,4-7H2,1-3H3. The Morgan fingerprint density at radius 3 is 2.50 bits per heavy atom. The molecule has 12 heavy (non-hydrogen) atoms. The predicted molar refractivity (Wildman–Crippen MR) is 58.7 cm³/mol. The first-order valence-electron chi connectivity index (χ1n) is 5.26. The van der Waals surface area contributed by atoms with E-state index in [9.17, 15) is 0 Å². The van der Waals surface area contributed by atoms with Crippen molar-refractivity contribution >= 4 is 12.6 Å². The van der Waals surface area contributed by atoms with Crippen LogP contribution in [0.15, 0.2) is 0 Å². The molecule has 0 aromatic carbocycles. The Morgan fingerprint density at radius 2 is 2.00 bits per heavy atom. The lowest BCUT2D eigenvalue weighted by Gasteiger charge is -2.36. The molecule has 1 fully saturated rings. The molecule has 0 amide bonds. The lowest BCUT2D eigenvalue weighted by atomic mass is 9.71. The zero-order valence-electron chi connectivity index (χ0n) is 8.59. The van der Waals surface area contributed by atoms with Crippen LogP contribution in [0.2, 0.25) is 0 Å². The van der Waals surface area contributed by atoms with Gasteiger partial charge in [0.2, 0.25) is 0 Å². The van der Waals surface area contributed by atoms with Crippen molar-refractivity contribution in [3.05, 3.63) is 0 Å². The maximum atomic E-state index is 4.46. The summed E-state index contributed by atoms with van der Waals surface area (Å²) in [5.74, 6) is 4.72. The molecule has 1 aliphatic rings. The largest absolute Gasteiger partial charge is 0.179 e. The van der Waals surface area contributed by atoms with E-state index < -0.39 is 0 Å². The fraction of sp³-hybridized carbons (Fsp3) is 1.00. The highest BCUT2D eigenvalue weighted by Crippen LogP contribution is 2.38. The molecule has 1 rings (SSSR count). The fourth-order valence-corrected chi connectivity index (χ4v) is 3.03. The SMILES string of the molecule is CC1CCC(C(C)C)C(CS)C1. The van der Waals surface area contributed by atoms with E-state index in [4.69, 9.17) is 0 Å². The first-order chi connectivity index (χ1) is 5.65. The molecule has 3 atom stereocenters. The van der Waals surface area contributed by atoms with E-state index in [2.05, 4.69) is 33.4 Å². The molecule has 0 spiro atoms. The molecule has 0 aromatic heterocycles. The average molecular weight is 186 g/mol. The third-order valence-corrected chi connectivity index (χ3v) is 3.86. The van der Waals surface area contributed by atoms with Crippen LogP contribution in [0.1, 0.15) is 40.0 Å². The first-order valence-corrected chi connectivity index (χ1v) is 5.89. The van der Waals surface area contributed by atoms with Gasteiger partial charge in [0.15, 0.2) is 0 Å². The van der Waals surface area contributed by atoms with Crippen LogP contribution in [-0.2, 0) is 0 Å². The summed E-state index contributed by atoms with van der Waals surface area (Å²) in [6.45, 7) is 7.10. The molecule has 1 heteroatoms. The zero-order chi connectivity index (χ0) is 9.14. The van der Waals surface area contributed by atoms with E-state index in [-0.39, 0.29) is 0 Å². The normalized spacial score (nSPS) is 37.2. The summed E-state index contributed by atoms with van der Waals surface area (Å²) in [5, 5.41) is 0. The van der Waals surface area contributed by atoms with Gasteiger partial charge in [0.25, 0.3) is 0 Å². The van der Waals surface area contributed by atoms with Gasteiger partial charge >= 0.3 is 0 Å². The molecule has 1 aliphatic carbocycles. The topological polar surface area (TPSA) is 0 Å². The van der Waals surface area contributed by atoms with Gasteiger partial charge in [-0.15, -0.1) is 0 Å². The number of rotatable bonds is 2. The summed E-state index contributed by atoms with van der Waals surface area (Å²) in [5.41, 5.74) is 0. The lowest BCUT2D eigenvalue weighted by molar-refractivity contribution is 0.162. The summed E-state index contributed by atoms with van der Waals surface area (Å²) < 4.78 is 0. The van der Waals surface area contributed by atoms with E-state index in [0.717, 1.165) is 29.4 Å². The summed E-state index contributed by atoms with van der Waals surface area (Å²) >= 11 is 4.46. The summed E-state index contributed by atoms with van der Waals surface area (Å²) in [6, 6.07) is 0. The van der Waals surface area contributed by atoms with Crippen molar-refractivity contribution in [1.82, 2.24) is 0 Å². The van der Waals surface area contributed by atoms with Crippen molar-refractivity contribution in [2.45, 2.75) is 40.0 Å². The molecule has 0 aliphatic heterocycles. The van der Waals surface area contributed by atoms with Gasteiger partial charge in [0, 0.05) is 0 Å². The maximum Gasteiger partial charge on any atom is -0.00667 e. The van der Waals surface area contributed by atoms with E-state index in [0.29, 0.717) is 0 Å². The Labute approximate surface area is 82.5 Å². The van der Waals surface area contributed by atoms with Gasteiger partial charge in [-0.3, -0.25) is 0 Å². The van der Waals surface area contributed by atoms with Gasteiger partial charge in [0.05, 0.1) is 0 Å². The van der Waals surface area contributed by atoms with E-state index in [1.165, 1.54) is 19.3 Å². The molecule has 0 heterocycles. The van der Waals surface area contributed by atoms with Crippen molar-refractivity contribution in [3.8, 4) is 0 Å². The molecular formula is C11H22S. The van der Waals surface area contributed by atoms with E-state index in [1.54, 1.807) is 0 Å². The van der Waals surface area contributed by atoms with E-state index in [1.807, 2.05) is 0 Å². The third-order valence-electron chi connectivity index (χ3n) is 3.39.